The standard InChI is InChI=1S/C15H15N3O4S.K/c1-6-9(13-16-5-8-17(13)3-4-23-8)12(15(21)22)18-11(6)10(7(2)19)14(18)20;/h3-7,10-11,19H,1-2H3,(H,21,22);/q;+1/p-1/t6-,7+,10+,11?;/m0./s1. The molecule has 2 aromatic heterocycles. The molecule has 1 unspecified atom stereocenters. The third kappa shape index (κ3) is 2.30. The number of aliphatic hydroxyl groups is 1. The van der Waals surface area contributed by atoms with Gasteiger partial charge in [0.25, 0.3) is 0 Å². The van der Waals surface area contributed by atoms with E-state index >= 15 is 0 Å². The van der Waals surface area contributed by atoms with E-state index in [0.717, 1.165) is 4.83 Å². The number of amides is 1. The van der Waals surface area contributed by atoms with Crippen molar-refractivity contribution in [1.82, 2.24) is 14.3 Å². The number of aromatic nitrogens is 2. The van der Waals surface area contributed by atoms with Crippen molar-refractivity contribution < 1.29 is 71.2 Å². The third-order valence-electron chi connectivity index (χ3n) is 4.77. The molecule has 0 spiro atoms. The van der Waals surface area contributed by atoms with E-state index < -0.39 is 18.0 Å². The van der Waals surface area contributed by atoms with Crippen LogP contribution >= 0.6 is 11.3 Å². The predicted octanol–water partition coefficient (Wildman–Crippen LogP) is -3.28. The van der Waals surface area contributed by atoms with Crippen LogP contribution in [-0.4, -0.2) is 43.4 Å². The second kappa shape index (κ2) is 6.31. The molecule has 1 N–H and O–H groups in total. The summed E-state index contributed by atoms with van der Waals surface area (Å²) in [5.41, 5.74) is 0.369. The maximum atomic E-state index is 12.3. The smallest absolute Gasteiger partial charge is 0.543 e. The van der Waals surface area contributed by atoms with Crippen molar-refractivity contribution in [1.29, 1.82) is 0 Å². The summed E-state index contributed by atoms with van der Waals surface area (Å²) < 4.78 is 1.81. The zero-order valence-corrected chi connectivity index (χ0v) is 17.4. The Labute approximate surface area is 184 Å². The fraction of sp³-hybridized carbons (Fsp3) is 0.400. The van der Waals surface area contributed by atoms with Crippen LogP contribution in [0.4, 0.5) is 0 Å². The molecule has 1 amide bonds. The Kier molecular flexibility index (Phi) is 4.80. The van der Waals surface area contributed by atoms with Crippen molar-refractivity contribution in [3.8, 4) is 0 Å². The van der Waals surface area contributed by atoms with E-state index in [1.54, 1.807) is 13.1 Å². The van der Waals surface area contributed by atoms with Crippen molar-refractivity contribution in [2.45, 2.75) is 26.0 Å². The molecule has 4 heterocycles. The maximum absolute atomic E-state index is 12.3. The minimum absolute atomic E-state index is 0. The molecule has 7 nitrogen and oxygen atoms in total. The molecule has 2 aromatic rings. The van der Waals surface area contributed by atoms with Gasteiger partial charge in [-0.15, -0.1) is 11.3 Å². The van der Waals surface area contributed by atoms with E-state index in [2.05, 4.69) is 4.98 Å². The Hall–Kier alpha value is -0.554. The molecule has 0 bridgehead atoms. The molecule has 0 radical (unpaired) electrons. The molecule has 0 saturated carbocycles. The first-order valence-corrected chi connectivity index (χ1v) is 8.19. The second-order valence-corrected chi connectivity index (χ2v) is 6.92. The number of nitrogens with zero attached hydrogens (tertiary/aromatic N) is 3. The summed E-state index contributed by atoms with van der Waals surface area (Å²) in [5.74, 6) is -2.08. The van der Waals surface area contributed by atoms with E-state index in [1.807, 2.05) is 22.9 Å². The molecule has 0 aromatic carbocycles. The van der Waals surface area contributed by atoms with Crippen LogP contribution in [0.2, 0.25) is 0 Å². The summed E-state index contributed by atoms with van der Waals surface area (Å²) in [7, 11) is 0. The summed E-state index contributed by atoms with van der Waals surface area (Å²) >= 11 is 1.50. The molecule has 4 rings (SSSR count). The van der Waals surface area contributed by atoms with Gasteiger partial charge in [-0.25, -0.2) is 4.98 Å². The van der Waals surface area contributed by atoms with Crippen molar-refractivity contribution in [3.63, 3.8) is 0 Å². The molecular weight excluding hydrogens is 357 g/mol. The van der Waals surface area contributed by atoms with Gasteiger partial charge in [0.15, 0.2) is 0 Å². The number of carbonyl (C=O) groups excluding carboxylic acids is 2. The van der Waals surface area contributed by atoms with Gasteiger partial charge >= 0.3 is 51.4 Å². The zero-order valence-electron chi connectivity index (χ0n) is 13.5. The topological polar surface area (TPSA) is 98.0 Å². The quantitative estimate of drug-likeness (QED) is 0.451. The van der Waals surface area contributed by atoms with Crippen molar-refractivity contribution in [2.24, 2.45) is 11.8 Å². The molecule has 24 heavy (non-hydrogen) atoms. The Morgan fingerprint density at radius 3 is 2.83 bits per heavy atom. The van der Waals surface area contributed by atoms with E-state index in [0.29, 0.717) is 11.4 Å². The number of carbonyl (C=O) groups is 2. The Morgan fingerprint density at radius 2 is 2.21 bits per heavy atom. The maximum Gasteiger partial charge on any atom is 1.00 e. The molecule has 4 atom stereocenters. The number of β-lactam (4-membered cyclic amide) rings is 1. The van der Waals surface area contributed by atoms with Crippen LogP contribution in [0.15, 0.2) is 23.5 Å². The molecule has 1 fully saturated rings. The van der Waals surface area contributed by atoms with Crippen LogP contribution in [0.25, 0.3) is 10.4 Å². The first-order valence-electron chi connectivity index (χ1n) is 7.31. The fourth-order valence-electron chi connectivity index (χ4n) is 3.79. The van der Waals surface area contributed by atoms with Gasteiger partial charge in [-0.3, -0.25) is 9.20 Å². The van der Waals surface area contributed by atoms with E-state index in [4.69, 9.17) is 0 Å². The molecule has 9 heteroatoms. The van der Waals surface area contributed by atoms with Crippen LogP contribution in [0, 0.1) is 11.8 Å². The Balaban J connectivity index is 0.00000169. The van der Waals surface area contributed by atoms with Gasteiger partial charge in [-0.05, 0) is 6.92 Å². The van der Waals surface area contributed by atoms with Crippen molar-refractivity contribution in [2.75, 3.05) is 0 Å². The van der Waals surface area contributed by atoms with Crippen molar-refractivity contribution in [3.05, 3.63) is 29.3 Å². The number of rotatable bonds is 3. The van der Waals surface area contributed by atoms with Crippen LogP contribution < -0.4 is 56.5 Å². The molecule has 1 saturated heterocycles. The van der Waals surface area contributed by atoms with Gasteiger partial charge in [0, 0.05) is 23.1 Å². The Bertz CT molecular complexity index is 871. The third-order valence-corrected chi connectivity index (χ3v) is 5.57. The van der Waals surface area contributed by atoms with Crippen LogP contribution in [-0.2, 0) is 9.59 Å². The van der Waals surface area contributed by atoms with Gasteiger partial charge in [-0.2, -0.15) is 0 Å². The van der Waals surface area contributed by atoms with Crippen LogP contribution in [0.1, 0.15) is 19.7 Å². The average Bonchev–Trinajstić information content (AvgIpc) is 3.11. The van der Waals surface area contributed by atoms with Crippen LogP contribution in [0.5, 0.6) is 0 Å². The Morgan fingerprint density at radius 1 is 1.50 bits per heavy atom. The molecular formula is C15H14KN3O4S. The predicted molar refractivity (Wildman–Crippen MR) is 80.0 cm³/mol. The number of hydrogen-bond donors (Lipinski definition) is 1. The molecule has 2 aliphatic heterocycles. The number of aliphatic hydroxyl groups excluding tert-OH is 1. The van der Waals surface area contributed by atoms with Gasteiger partial charge < -0.3 is 19.9 Å². The SMILES string of the molecule is C[C@H]1C(c2ncc3sccn23)=C(C(=O)[O-])N2C(=O)[C@H]([C@@H](C)O)C12.[K+]. The summed E-state index contributed by atoms with van der Waals surface area (Å²) in [5, 5.41) is 23.4. The number of carboxylic acid groups (broad SMARTS) is 1. The normalized spacial score (nSPS) is 27.0. The van der Waals surface area contributed by atoms with E-state index in [1.165, 1.54) is 16.2 Å². The fourth-order valence-corrected chi connectivity index (χ4v) is 4.48. The zero-order chi connectivity index (χ0) is 16.5. The van der Waals surface area contributed by atoms with Gasteiger partial charge in [0.1, 0.15) is 10.7 Å². The first kappa shape index (κ1) is 18.2. The van der Waals surface area contributed by atoms with Gasteiger partial charge in [0.2, 0.25) is 5.91 Å². The van der Waals surface area contributed by atoms with Crippen LogP contribution in [0.3, 0.4) is 0 Å². The summed E-state index contributed by atoms with van der Waals surface area (Å²) in [6, 6.07) is -0.364. The number of imidazole rings is 1. The van der Waals surface area contributed by atoms with E-state index in [9.17, 15) is 19.8 Å². The van der Waals surface area contributed by atoms with Crippen molar-refractivity contribution >= 4 is 33.6 Å². The minimum Gasteiger partial charge on any atom is -0.543 e. The molecule has 120 valence electrons. The number of hydrogen-bond acceptors (Lipinski definition) is 6. The van der Waals surface area contributed by atoms with Gasteiger partial charge in [0.05, 0.1) is 35.9 Å². The first-order chi connectivity index (χ1) is 10.9. The monoisotopic (exact) mass is 371 g/mol. The second-order valence-electron chi connectivity index (χ2n) is 6.00. The number of fused-ring (bicyclic) bond motifs is 2. The number of aliphatic carboxylic acids is 1. The largest absolute Gasteiger partial charge is 1.00 e. The minimum atomic E-state index is -1.39. The average molecular weight is 371 g/mol. The summed E-state index contributed by atoms with van der Waals surface area (Å²) in [4.78, 5) is 30.4. The summed E-state index contributed by atoms with van der Waals surface area (Å²) in [6.07, 6.45) is 2.67. The summed E-state index contributed by atoms with van der Waals surface area (Å²) in [6.45, 7) is 3.41. The van der Waals surface area contributed by atoms with Gasteiger partial charge in [-0.1, -0.05) is 6.92 Å². The van der Waals surface area contributed by atoms with E-state index in [-0.39, 0.29) is 74.9 Å². The number of carboxylic acids is 1. The number of thiazole rings is 1. The molecule has 2 aliphatic rings. The molecule has 0 aliphatic carbocycles.